The molecule has 94 valence electrons. The highest BCUT2D eigenvalue weighted by molar-refractivity contribution is 9.08. The van der Waals surface area contributed by atoms with Crippen molar-refractivity contribution < 1.29 is 27.2 Å². The summed E-state index contributed by atoms with van der Waals surface area (Å²) < 4.78 is 52.5. The van der Waals surface area contributed by atoms with Gasteiger partial charge in [0, 0.05) is 5.33 Å². The third-order valence-corrected chi connectivity index (χ3v) is 2.10. The summed E-state index contributed by atoms with van der Waals surface area (Å²) in [6.45, 7) is 0. The van der Waals surface area contributed by atoms with Gasteiger partial charge in [0.05, 0.1) is 11.1 Å². The van der Waals surface area contributed by atoms with Gasteiger partial charge in [-0.05, 0) is 0 Å². The molecular weight excluding hydrogens is 316 g/mol. The number of nitro groups is 1. The summed E-state index contributed by atoms with van der Waals surface area (Å²) >= 11 is 2.77. The minimum absolute atomic E-state index is 0.250. The summed E-state index contributed by atoms with van der Waals surface area (Å²) in [6.07, 6.45) is -4.71. The fourth-order valence-electron chi connectivity index (χ4n) is 0.988. The van der Waals surface area contributed by atoms with E-state index in [1.165, 1.54) is 0 Å². The van der Waals surface area contributed by atoms with Crippen molar-refractivity contribution in [2.24, 2.45) is 0 Å². The van der Waals surface area contributed by atoms with Crippen molar-refractivity contribution >= 4 is 21.6 Å². The predicted octanol–water partition coefficient (Wildman–Crippen LogP) is 2.92. The smallest absolute Gasteiger partial charge is 0.396 e. The van der Waals surface area contributed by atoms with E-state index in [0.717, 1.165) is 0 Å². The zero-order valence-corrected chi connectivity index (χ0v) is 9.38. The Labute approximate surface area is 99.7 Å². The molecule has 0 aliphatic heterocycles. The molecule has 0 N–H and O–H groups in total. The summed E-state index contributed by atoms with van der Waals surface area (Å²) in [4.78, 5) is 12.4. The van der Waals surface area contributed by atoms with Crippen LogP contribution < -0.4 is 4.74 Å². The van der Waals surface area contributed by atoms with Crippen LogP contribution in [0.5, 0.6) is 5.75 Å². The fraction of sp³-hybridized carbons (Fsp3) is 0.286. The van der Waals surface area contributed by atoms with Crippen LogP contribution in [0.3, 0.4) is 0 Å². The van der Waals surface area contributed by atoms with Gasteiger partial charge >= 0.3 is 12.0 Å². The highest BCUT2D eigenvalue weighted by Gasteiger charge is 2.38. The minimum atomic E-state index is -5.17. The van der Waals surface area contributed by atoms with Crippen LogP contribution in [-0.4, -0.2) is 16.3 Å². The molecule has 1 aromatic heterocycles. The molecule has 0 spiro atoms. The van der Waals surface area contributed by atoms with Crippen molar-refractivity contribution in [2.75, 3.05) is 0 Å². The molecule has 1 rings (SSSR count). The molecule has 0 saturated heterocycles. The Hall–Kier alpha value is -1.45. The zero-order valence-electron chi connectivity index (χ0n) is 7.79. The highest BCUT2D eigenvalue weighted by atomic mass is 79.9. The molecule has 0 aliphatic rings. The molecule has 0 amide bonds. The quantitative estimate of drug-likeness (QED) is 0.372. The number of hydrogen-bond donors (Lipinski definition) is 0. The molecule has 10 heteroatoms. The van der Waals surface area contributed by atoms with Gasteiger partial charge in [0.1, 0.15) is 5.69 Å². The topological polar surface area (TPSA) is 65.3 Å². The van der Waals surface area contributed by atoms with E-state index in [-0.39, 0.29) is 5.33 Å². The Balaban J connectivity index is 3.40. The van der Waals surface area contributed by atoms with Gasteiger partial charge in [0.2, 0.25) is 11.6 Å². The maximum absolute atomic E-state index is 13.0. The molecule has 17 heavy (non-hydrogen) atoms. The number of rotatable bonds is 3. The van der Waals surface area contributed by atoms with Crippen LogP contribution in [0, 0.1) is 15.9 Å². The van der Waals surface area contributed by atoms with Crippen LogP contribution in [0.1, 0.15) is 5.69 Å². The van der Waals surface area contributed by atoms with Crippen molar-refractivity contribution in [3.8, 4) is 5.75 Å². The Morgan fingerprint density at radius 3 is 2.53 bits per heavy atom. The van der Waals surface area contributed by atoms with Crippen molar-refractivity contribution in [2.45, 2.75) is 11.7 Å². The average Bonchev–Trinajstić information content (AvgIpc) is 2.15. The van der Waals surface area contributed by atoms with E-state index in [1.807, 2.05) is 0 Å². The van der Waals surface area contributed by atoms with Crippen molar-refractivity contribution in [1.82, 2.24) is 4.98 Å². The lowest BCUT2D eigenvalue weighted by atomic mass is 10.3. The number of pyridine rings is 1. The SMILES string of the molecule is O=[N+]([O-])c1c(F)cnc(CBr)c1OC(F)(F)F. The second-order valence-corrected chi connectivity index (χ2v) is 3.23. The molecule has 0 aromatic carbocycles. The Kier molecular flexibility index (Phi) is 3.86. The van der Waals surface area contributed by atoms with Gasteiger partial charge < -0.3 is 4.74 Å². The van der Waals surface area contributed by atoms with Gasteiger partial charge in [-0.15, -0.1) is 13.2 Å². The highest BCUT2D eigenvalue weighted by Crippen LogP contribution is 2.36. The zero-order chi connectivity index (χ0) is 13.2. The first kappa shape index (κ1) is 13.6. The molecule has 5 nitrogen and oxygen atoms in total. The normalized spacial score (nSPS) is 11.4. The first-order chi connectivity index (χ1) is 7.76. The second kappa shape index (κ2) is 4.82. The standard InChI is InChI=1S/C7H3BrF4N2O3/c8-1-4-6(17-7(10,11)12)5(14(15)16)3(9)2-13-4/h2H,1H2. The molecule has 1 heterocycles. The summed E-state index contributed by atoms with van der Waals surface area (Å²) in [5.74, 6) is -2.75. The lowest BCUT2D eigenvalue weighted by Crippen LogP contribution is -2.19. The van der Waals surface area contributed by atoms with E-state index in [9.17, 15) is 27.7 Å². The van der Waals surface area contributed by atoms with Crippen molar-refractivity contribution in [3.05, 3.63) is 27.8 Å². The van der Waals surface area contributed by atoms with Crippen molar-refractivity contribution in [3.63, 3.8) is 0 Å². The summed E-state index contributed by atoms with van der Waals surface area (Å²) in [5, 5.41) is 10.2. The first-order valence-electron chi connectivity index (χ1n) is 3.89. The Morgan fingerprint density at radius 2 is 2.12 bits per heavy atom. The number of nitrogens with zero attached hydrogens (tertiary/aromatic N) is 2. The monoisotopic (exact) mass is 318 g/mol. The first-order valence-corrected chi connectivity index (χ1v) is 5.02. The maximum atomic E-state index is 13.0. The molecule has 0 radical (unpaired) electrons. The van der Waals surface area contributed by atoms with E-state index in [4.69, 9.17) is 0 Å². The van der Waals surface area contributed by atoms with Gasteiger partial charge in [-0.25, -0.2) is 0 Å². The predicted molar refractivity (Wildman–Crippen MR) is 50.2 cm³/mol. The van der Waals surface area contributed by atoms with Crippen LogP contribution in [0.2, 0.25) is 0 Å². The number of aromatic nitrogens is 1. The van der Waals surface area contributed by atoms with Crippen molar-refractivity contribution in [1.29, 1.82) is 0 Å². The van der Waals surface area contributed by atoms with Crippen LogP contribution in [0.4, 0.5) is 23.2 Å². The third kappa shape index (κ3) is 3.25. The Bertz CT molecular complexity index is 451. The van der Waals surface area contributed by atoms with E-state index in [2.05, 4.69) is 25.7 Å². The van der Waals surface area contributed by atoms with Crippen LogP contribution in [0.25, 0.3) is 0 Å². The summed E-state index contributed by atoms with van der Waals surface area (Å²) in [5.41, 5.74) is -1.82. The van der Waals surface area contributed by atoms with E-state index in [1.54, 1.807) is 0 Å². The van der Waals surface area contributed by atoms with Gasteiger partial charge in [-0.2, -0.15) is 4.39 Å². The lowest BCUT2D eigenvalue weighted by Gasteiger charge is -2.11. The van der Waals surface area contributed by atoms with Gasteiger partial charge in [0.15, 0.2) is 0 Å². The largest absolute Gasteiger partial charge is 0.573 e. The molecule has 1 aromatic rings. The number of ether oxygens (including phenoxy) is 1. The Morgan fingerprint density at radius 1 is 1.53 bits per heavy atom. The van der Waals surface area contributed by atoms with Crippen LogP contribution in [0.15, 0.2) is 6.20 Å². The maximum Gasteiger partial charge on any atom is 0.573 e. The number of alkyl halides is 4. The fourth-order valence-corrected chi connectivity index (χ4v) is 1.39. The van der Waals surface area contributed by atoms with E-state index in [0.29, 0.717) is 6.20 Å². The summed E-state index contributed by atoms with van der Waals surface area (Å²) in [6, 6.07) is 0. The molecule has 0 bridgehead atoms. The van der Waals surface area contributed by atoms with Crippen LogP contribution >= 0.6 is 15.9 Å². The van der Waals surface area contributed by atoms with Crippen LogP contribution in [-0.2, 0) is 5.33 Å². The van der Waals surface area contributed by atoms with E-state index < -0.39 is 34.2 Å². The average molecular weight is 319 g/mol. The summed E-state index contributed by atoms with van der Waals surface area (Å²) in [7, 11) is 0. The third-order valence-electron chi connectivity index (χ3n) is 1.56. The van der Waals surface area contributed by atoms with Gasteiger partial charge in [-0.3, -0.25) is 15.1 Å². The second-order valence-electron chi connectivity index (χ2n) is 2.67. The minimum Gasteiger partial charge on any atom is -0.396 e. The van der Waals surface area contributed by atoms with E-state index >= 15 is 0 Å². The lowest BCUT2D eigenvalue weighted by molar-refractivity contribution is -0.391. The van der Waals surface area contributed by atoms with Gasteiger partial charge in [0.25, 0.3) is 0 Å². The molecule has 0 fully saturated rings. The molecule has 0 aliphatic carbocycles. The molecular formula is C7H3BrF4N2O3. The molecule has 0 unspecified atom stereocenters. The molecule has 0 saturated carbocycles. The number of halogens is 5. The molecule has 0 atom stereocenters. The van der Waals surface area contributed by atoms with Gasteiger partial charge in [-0.1, -0.05) is 15.9 Å². The number of hydrogen-bond acceptors (Lipinski definition) is 4.